The van der Waals surface area contributed by atoms with Crippen molar-refractivity contribution in [1.29, 1.82) is 0 Å². The van der Waals surface area contributed by atoms with Crippen LogP contribution >= 0.6 is 27.5 Å². The van der Waals surface area contributed by atoms with Crippen molar-refractivity contribution in [3.05, 3.63) is 57.3 Å². The summed E-state index contributed by atoms with van der Waals surface area (Å²) in [5.74, 6) is 0.599. The van der Waals surface area contributed by atoms with Crippen molar-refractivity contribution in [1.82, 2.24) is 0 Å². The molecule has 2 rings (SSSR count). The van der Waals surface area contributed by atoms with E-state index in [4.69, 9.17) is 16.3 Å². The van der Waals surface area contributed by atoms with Crippen molar-refractivity contribution < 1.29 is 14.2 Å². The molecule has 2 aromatic rings. The third kappa shape index (κ3) is 3.02. The molecule has 0 fully saturated rings. The Hall–Kier alpha value is -1.10. The van der Waals surface area contributed by atoms with Crippen LogP contribution in [0.1, 0.15) is 5.56 Å². The molecule has 0 amide bonds. The molecule has 2 aromatic carbocycles. The van der Waals surface area contributed by atoms with Crippen molar-refractivity contribution >= 4 is 27.5 Å². The summed E-state index contributed by atoms with van der Waals surface area (Å²) in [4.78, 5) is 0. The molecule has 0 heterocycles. The van der Waals surface area contributed by atoms with Gasteiger partial charge in [0.15, 0.2) is 0 Å². The molecule has 0 aromatic heterocycles. The van der Waals surface area contributed by atoms with Crippen LogP contribution in [0, 0.1) is 5.82 Å². The van der Waals surface area contributed by atoms with Crippen LogP contribution in [0.5, 0.6) is 11.5 Å². The van der Waals surface area contributed by atoms with E-state index >= 15 is 0 Å². The predicted octanol–water partition coefficient (Wildman–Crippen LogP) is 4.53. The smallest absolute Gasteiger partial charge is 0.137 e. The topological polar surface area (TPSA) is 29.5 Å². The van der Waals surface area contributed by atoms with Gasteiger partial charge < -0.3 is 9.84 Å². The third-order valence-electron chi connectivity index (χ3n) is 2.31. The minimum Gasteiger partial charge on any atom is -0.457 e. The van der Waals surface area contributed by atoms with E-state index in [2.05, 4.69) is 15.9 Å². The Morgan fingerprint density at radius 3 is 2.67 bits per heavy atom. The standard InChI is InChI=1S/C13H9BrClFO2/c14-11-6-10(2-3-12(11)16)18-13-4-1-9(15)5-8(13)7-17/h1-6,17H,7H2. The van der Waals surface area contributed by atoms with Crippen molar-refractivity contribution in [2.45, 2.75) is 6.61 Å². The van der Waals surface area contributed by atoms with E-state index in [1.807, 2.05) is 0 Å². The maximum Gasteiger partial charge on any atom is 0.137 e. The molecular formula is C13H9BrClFO2. The zero-order valence-electron chi connectivity index (χ0n) is 9.16. The quantitative estimate of drug-likeness (QED) is 0.895. The average molecular weight is 332 g/mol. The van der Waals surface area contributed by atoms with Crippen LogP contribution in [0.3, 0.4) is 0 Å². The van der Waals surface area contributed by atoms with Crippen LogP contribution in [0.2, 0.25) is 5.02 Å². The Morgan fingerprint density at radius 2 is 2.00 bits per heavy atom. The van der Waals surface area contributed by atoms with E-state index in [1.165, 1.54) is 18.2 Å². The lowest BCUT2D eigenvalue weighted by atomic mass is 10.2. The van der Waals surface area contributed by atoms with Crippen molar-refractivity contribution in [2.75, 3.05) is 0 Å². The summed E-state index contributed by atoms with van der Waals surface area (Å²) < 4.78 is 19.0. The predicted molar refractivity (Wildman–Crippen MR) is 71.5 cm³/mol. The normalized spacial score (nSPS) is 10.4. The first-order valence-electron chi connectivity index (χ1n) is 5.12. The van der Waals surface area contributed by atoms with Gasteiger partial charge >= 0.3 is 0 Å². The highest BCUT2D eigenvalue weighted by atomic mass is 79.9. The van der Waals surface area contributed by atoms with Gasteiger partial charge in [0.1, 0.15) is 17.3 Å². The zero-order valence-corrected chi connectivity index (χ0v) is 11.5. The number of ether oxygens (including phenoxy) is 1. The molecule has 0 spiro atoms. The van der Waals surface area contributed by atoms with E-state index < -0.39 is 0 Å². The Balaban J connectivity index is 2.30. The van der Waals surface area contributed by atoms with Crippen LogP contribution in [-0.4, -0.2) is 5.11 Å². The van der Waals surface area contributed by atoms with Gasteiger partial charge in [-0.2, -0.15) is 0 Å². The van der Waals surface area contributed by atoms with Crippen LogP contribution in [-0.2, 0) is 6.61 Å². The molecule has 0 radical (unpaired) electrons. The monoisotopic (exact) mass is 330 g/mol. The maximum absolute atomic E-state index is 13.1. The first-order valence-corrected chi connectivity index (χ1v) is 6.29. The van der Waals surface area contributed by atoms with Gasteiger partial charge in [0.2, 0.25) is 0 Å². The van der Waals surface area contributed by atoms with Gasteiger partial charge in [0.05, 0.1) is 11.1 Å². The first kappa shape index (κ1) is 13.3. The minimum absolute atomic E-state index is 0.182. The lowest BCUT2D eigenvalue weighted by Gasteiger charge is -2.10. The zero-order chi connectivity index (χ0) is 13.1. The van der Waals surface area contributed by atoms with E-state index in [1.54, 1.807) is 18.2 Å². The summed E-state index contributed by atoms with van der Waals surface area (Å²) in [7, 11) is 0. The summed E-state index contributed by atoms with van der Waals surface area (Å²) in [6.07, 6.45) is 0. The van der Waals surface area contributed by atoms with Gasteiger partial charge in [-0.15, -0.1) is 0 Å². The van der Waals surface area contributed by atoms with E-state index in [0.29, 0.717) is 26.6 Å². The number of hydrogen-bond acceptors (Lipinski definition) is 2. The molecule has 0 aliphatic heterocycles. The van der Waals surface area contributed by atoms with Gasteiger partial charge in [-0.1, -0.05) is 11.6 Å². The second kappa shape index (κ2) is 5.69. The van der Waals surface area contributed by atoms with Crippen molar-refractivity contribution in [3.8, 4) is 11.5 Å². The average Bonchev–Trinajstić information content (AvgIpc) is 2.36. The lowest BCUT2D eigenvalue weighted by Crippen LogP contribution is -1.92. The number of aliphatic hydroxyl groups excluding tert-OH is 1. The van der Waals surface area contributed by atoms with Gasteiger partial charge in [-0.05, 0) is 52.3 Å². The molecule has 0 aliphatic carbocycles. The summed E-state index contributed by atoms with van der Waals surface area (Å²) in [6, 6.07) is 9.27. The number of hydrogen-bond donors (Lipinski definition) is 1. The summed E-state index contributed by atoms with van der Waals surface area (Å²) in [5.41, 5.74) is 0.572. The molecule has 0 saturated heterocycles. The largest absolute Gasteiger partial charge is 0.457 e. The molecule has 0 aliphatic rings. The second-order valence-electron chi connectivity index (χ2n) is 3.59. The lowest BCUT2D eigenvalue weighted by molar-refractivity contribution is 0.276. The molecule has 0 bridgehead atoms. The first-order chi connectivity index (χ1) is 8.60. The van der Waals surface area contributed by atoms with Crippen molar-refractivity contribution in [2.24, 2.45) is 0 Å². The van der Waals surface area contributed by atoms with Crippen LogP contribution < -0.4 is 4.74 Å². The van der Waals surface area contributed by atoms with Gasteiger partial charge in [-0.25, -0.2) is 4.39 Å². The Labute approximate surface area is 117 Å². The minimum atomic E-state index is -0.360. The third-order valence-corrected chi connectivity index (χ3v) is 3.15. The Morgan fingerprint density at radius 1 is 1.22 bits per heavy atom. The molecule has 0 atom stereocenters. The van der Waals surface area contributed by atoms with Gasteiger partial charge in [-0.3, -0.25) is 0 Å². The number of benzene rings is 2. The second-order valence-corrected chi connectivity index (χ2v) is 4.88. The number of rotatable bonds is 3. The fourth-order valence-electron chi connectivity index (χ4n) is 1.44. The molecule has 94 valence electrons. The van der Waals surface area contributed by atoms with Crippen LogP contribution in [0.15, 0.2) is 40.9 Å². The van der Waals surface area contributed by atoms with Gasteiger partial charge in [0, 0.05) is 10.6 Å². The highest BCUT2D eigenvalue weighted by Crippen LogP contribution is 2.30. The molecule has 5 heteroatoms. The van der Waals surface area contributed by atoms with Gasteiger partial charge in [0.25, 0.3) is 0 Å². The molecular weight excluding hydrogens is 322 g/mol. The van der Waals surface area contributed by atoms with Crippen LogP contribution in [0.4, 0.5) is 4.39 Å². The van der Waals surface area contributed by atoms with E-state index in [9.17, 15) is 9.50 Å². The molecule has 0 saturated carbocycles. The highest BCUT2D eigenvalue weighted by molar-refractivity contribution is 9.10. The highest BCUT2D eigenvalue weighted by Gasteiger charge is 2.07. The molecule has 0 unspecified atom stereocenters. The van der Waals surface area contributed by atoms with E-state index in [0.717, 1.165) is 0 Å². The molecule has 2 nitrogen and oxygen atoms in total. The fourth-order valence-corrected chi connectivity index (χ4v) is 1.99. The Bertz CT molecular complexity index is 575. The summed E-state index contributed by atoms with van der Waals surface area (Å²) >= 11 is 8.90. The molecule has 1 N–H and O–H groups in total. The van der Waals surface area contributed by atoms with E-state index in [-0.39, 0.29) is 12.4 Å². The Kier molecular flexibility index (Phi) is 4.22. The maximum atomic E-state index is 13.1. The summed E-state index contributed by atoms with van der Waals surface area (Å²) in [6.45, 7) is -0.182. The number of aliphatic hydroxyl groups is 1. The summed E-state index contributed by atoms with van der Waals surface area (Å²) in [5, 5.41) is 9.73. The van der Waals surface area contributed by atoms with Crippen LogP contribution in [0.25, 0.3) is 0 Å². The van der Waals surface area contributed by atoms with Crippen molar-refractivity contribution in [3.63, 3.8) is 0 Å². The molecule has 18 heavy (non-hydrogen) atoms. The fraction of sp³-hybridized carbons (Fsp3) is 0.0769. The number of halogens is 3. The SMILES string of the molecule is OCc1cc(Cl)ccc1Oc1ccc(F)c(Br)c1.